The lowest BCUT2D eigenvalue weighted by Gasteiger charge is -2.15. The molecule has 2 heteroatoms. The lowest BCUT2D eigenvalue weighted by molar-refractivity contribution is 0.343. The van der Waals surface area contributed by atoms with Gasteiger partial charge in [-0.3, -0.25) is 0 Å². The summed E-state index contributed by atoms with van der Waals surface area (Å²) in [5, 5.41) is 0. The fraction of sp³-hybridized carbons (Fsp3) is 0.529. The van der Waals surface area contributed by atoms with Gasteiger partial charge in [0.2, 0.25) is 0 Å². The van der Waals surface area contributed by atoms with E-state index in [9.17, 15) is 0 Å². The summed E-state index contributed by atoms with van der Waals surface area (Å²) in [6.45, 7) is 12.2. The smallest absolute Gasteiger partial charge is 0.00489 e. The maximum Gasteiger partial charge on any atom is 0.00489 e. The Morgan fingerprint density at radius 3 is 2.68 bits per heavy atom. The topological polar surface area (TPSA) is 29.3 Å². The zero-order chi connectivity index (χ0) is 13.8. The molecule has 0 aromatic carbocycles. The maximum absolute atomic E-state index is 5.69. The van der Waals surface area contributed by atoms with Gasteiger partial charge in [0, 0.05) is 12.2 Å². The van der Waals surface area contributed by atoms with Crippen molar-refractivity contribution in [1.29, 1.82) is 0 Å². The van der Waals surface area contributed by atoms with Crippen molar-refractivity contribution in [3.63, 3.8) is 0 Å². The third-order valence-electron chi connectivity index (χ3n) is 4.15. The second-order valence-corrected chi connectivity index (χ2v) is 5.82. The van der Waals surface area contributed by atoms with Crippen LogP contribution in [0.5, 0.6) is 0 Å². The highest BCUT2D eigenvalue weighted by Crippen LogP contribution is 2.37. The van der Waals surface area contributed by atoms with Crippen LogP contribution in [0, 0.1) is 0 Å². The van der Waals surface area contributed by atoms with Crippen LogP contribution in [0.15, 0.2) is 46.7 Å². The molecule has 0 atom stereocenters. The van der Waals surface area contributed by atoms with Crippen LogP contribution in [-0.4, -0.2) is 24.5 Å². The Balaban J connectivity index is 1.97. The Bertz CT molecular complexity index is 442. The number of rotatable bonds is 4. The molecule has 0 saturated carbocycles. The third-order valence-corrected chi connectivity index (χ3v) is 4.15. The van der Waals surface area contributed by atoms with E-state index in [1.807, 2.05) is 13.0 Å². The van der Waals surface area contributed by atoms with E-state index in [0.29, 0.717) is 0 Å². The molecule has 19 heavy (non-hydrogen) atoms. The fourth-order valence-electron chi connectivity index (χ4n) is 2.98. The van der Waals surface area contributed by atoms with Crippen LogP contribution >= 0.6 is 0 Å². The van der Waals surface area contributed by atoms with Crippen molar-refractivity contribution in [3.8, 4) is 0 Å². The SMILES string of the molecule is C=C1C(CCN2CCCC2)=C(C)C/C1=C/C=C(\C)N. The van der Waals surface area contributed by atoms with Gasteiger partial charge in [0.25, 0.3) is 0 Å². The molecule has 0 aromatic heterocycles. The van der Waals surface area contributed by atoms with Crippen LogP contribution < -0.4 is 5.73 Å². The van der Waals surface area contributed by atoms with Crippen molar-refractivity contribution >= 4 is 0 Å². The fourth-order valence-corrected chi connectivity index (χ4v) is 2.98. The highest BCUT2D eigenvalue weighted by Gasteiger charge is 2.20. The minimum atomic E-state index is 0.850. The van der Waals surface area contributed by atoms with Crippen LogP contribution in [0.3, 0.4) is 0 Å². The number of nitrogens with two attached hydrogens (primary N) is 1. The third kappa shape index (κ3) is 3.60. The minimum Gasteiger partial charge on any atom is -0.402 e. The summed E-state index contributed by atoms with van der Waals surface area (Å²) in [5.41, 5.74) is 12.1. The zero-order valence-corrected chi connectivity index (χ0v) is 12.3. The summed E-state index contributed by atoms with van der Waals surface area (Å²) in [5.74, 6) is 0. The Kier molecular flexibility index (Phi) is 4.65. The van der Waals surface area contributed by atoms with E-state index in [1.54, 1.807) is 0 Å². The Labute approximate surface area is 117 Å². The molecule has 0 spiro atoms. The summed E-state index contributed by atoms with van der Waals surface area (Å²) in [6, 6.07) is 0. The second-order valence-electron chi connectivity index (χ2n) is 5.82. The molecular formula is C17H26N2. The highest BCUT2D eigenvalue weighted by molar-refractivity contribution is 5.55. The van der Waals surface area contributed by atoms with Crippen molar-refractivity contribution < 1.29 is 0 Å². The van der Waals surface area contributed by atoms with Crippen LogP contribution in [0.2, 0.25) is 0 Å². The quantitative estimate of drug-likeness (QED) is 0.835. The first-order valence-electron chi connectivity index (χ1n) is 7.31. The van der Waals surface area contributed by atoms with Crippen LogP contribution in [0.1, 0.15) is 39.5 Å². The number of nitrogens with zero attached hydrogens (tertiary/aromatic N) is 1. The van der Waals surface area contributed by atoms with E-state index in [1.165, 1.54) is 54.8 Å². The molecule has 0 unspecified atom stereocenters. The summed E-state index contributed by atoms with van der Waals surface area (Å²) in [6.07, 6.45) is 9.03. The van der Waals surface area contributed by atoms with Gasteiger partial charge in [0.05, 0.1) is 0 Å². The molecule has 0 radical (unpaired) electrons. The molecule has 1 heterocycles. The van der Waals surface area contributed by atoms with E-state index < -0.39 is 0 Å². The van der Waals surface area contributed by atoms with Gasteiger partial charge in [-0.15, -0.1) is 0 Å². The predicted octanol–water partition coefficient (Wildman–Crippen LogP) is 3.54. The highest BCUT2D eigenvalue weighted by atomic mass is 15.1. The lowest BCUT2D eigenvalue weighted by atomic mass is 10.0. The predicted molar refractivity (Wildman–Crippen MR) is 82.8 cm³/mol. The van der Waals surface area contributed by atoms with Crippen LogP contribution in [0.4, 0.5) is 0 Å². The van der Waals surface area contributed by atoms with Gasteiger partial charge < -0.3 is 10.6 Å². The molecule has 2 aliphatic rings. The molecule has 2 N–H and O–H groups in total. The van der Waals surface area contributed by atoms with E-state index >= 15 is 0 Å². The first kappa shape index (κ1) is 14.1. The van der Waals surface area contributed by atoms with E-state index in [4.69, 9.17) is 5.73 Å². The monoisotopic (exact) mass is 258 g/mol. The largest absolute Gasteiger partial charge is 0.402 e. The maximum atomic E-state index is 5.69. The molecule has 2 rings (SSSR count). The molecule has 1 fully saturated rings. The van der Waals surface area contributed by atoms with Crippen LogP contribution in [-0.2, 0) is 0 Å². The summed E-state index contributed by atoms with van der Waals surface area (Å²) in [4.78, 5) is 2.57. The van der Waals surface area contributed by atoms with Crippen LogP contribution in [0.25, 0.3) is 0 Å². The number of likely N-dealkylation sites (tertiary alicyclic amines) is 1. The van der Waals surface area contributed by atoms with Gasteiger partial charge in [-0.2, -0.15) is 0 Å². The normalized spacial score (nSPS) is 24.0. The zero-order valence-electron chi connectivity index (χ0n) is 12.3. The minimum absolute atomic E-state index is 0.850. The van der Waals surface area contributed by atoms with Crippen molar-refractivity contribution in [2.45, 2.75) is 39.5 Å². The lowest BCUT2D eigenvalue weighted by Crippen LogP contribution is -2.20. The van der Waals surface area contributed by atoms with E-state index in [0.717, 1.165) is 18.5 Å². The number of hydrogen-bond acceptors (Lipinski definition) is 2. The molecule has 0 aromatic rings. The molecular weight excluding hydrogens is 232 g/mol. The summed E-state index contributed by atoms with van der Waals surface area (Å²) in [7, 11) is 0. The molecule has 1 aliphatic heterocycles. The molecule has 104 valence electrons. The Morgan fingerprint density at radius 1 is 1.37 bits per heavy atom. The molecule has 0 bridgehead atoms. The van der Waals surface area contributed by atoms with E-state index in [2.05, 4.69) is 24.5 Å². The summed E-state index contributed by atoms with van der Waals surface area (Å²) < 4.78 is 0. The number of hydrogen-bond donors (Lipinski definition) is 1. The van der Waals surface area contributed by atoms with Crippen molar-refractivity contribution in [1.82, 2.24) is 4.90 Å². The van der Waals surface area contributed by atoms with Crippen molar-refractivity contribution in [2.75, 3.05) is 19.6 Å². The molecule has 0 amide bonds. The number of allylic oxidation sites excluding steroid dienone is 6. The van der Waals surface area contributed by atoms with Crippen molar-refractivity contribution in [3.05, 3.63) is 46.7 Å². The van der Waals surface area contributed by atoms with Gasteiger partial charge >= 0.3 is 0 Å². The Hall–Kier alpha value is -1.28. The first-order valence-corrected chi connectivity index (χ1v) is 7.31. The second kappa shape index (κ2) is 6.25. The van der Waals surface area contributed by atoms with Gasteiger partial charge in [-0.25, -0.2) is 0 Å². The van der Waals surface area contributed by atoms with Gasteiger partial charge in [-0.1, -0.05) is 18.2 Å². The van der Waals surface area contributed by atoms with Gasteiger partial charge in [-0.05, 0) is 75.4 Å². The average Bonchev–Trinajstić information content (AvgIpc) is 2.94. The van der Waals surface area contributed by atoms with Gasteiger partial charge in [0.1, 0.15) is 0 Å². The standard InChI is InChI=1S/C17H26N2/c1-13-12-16(7-6-14(2)18)15(3)17(13)8-11-19-9-4-5-10-19/h6-7H,3-5,8-12,18H2,1-2H3/b14-6+,16-7-. The van der Waals surface area contributed by atoms with Crippen molar-refractivity contribution in [2.24, 2.45) is 5.73 Å². The van der Waals surface area contributed by atoms with Gasteiger partial charge in [0.15, 0.2) is 0 Å². The van der Waals surface area contributed by atoms with E-state index in [-0.39, 0.29) is 0 Å². The molecule has 2 nitrogen and oxygen atoms in total. The molecule has 1 aliphatic carbocycles. The average molecular weight is 258 g/mol. The molecule has 1 saturated heterocycles. The first-order chi connectivity index (χ1) is 9.08. The Morgan fingerprint density at radius 2 is 2.05 bits per heavy atom. The summed E-state index contributed by atoms with van der Waals surface area (Å²) >= 11 is 0.